The zero-order valence-electron chi connectivity index (χ0n) is 16.3. The fourth-order valence-electron chi connectivity index (χ4n) is 2.58. The number of ether oxygens (including phenoxy) is 1. The second kappa shape index (κ2) is 8.49. The molecule has 0 aliphatic heterocycles. The lowest BCUT2D eigenvalue weighted by Gasteiger charge is -2.25. The number of benzene rings is 2. The first-order valence-corrected chi connectivity index (χ1v) is 8.75. The number of carbonyl (C=O) groups excluding carboxylic acids is 3. The minimum Gasteiger partial charge on any atom is -0.444 e. The fraction of sp³-hybridized carbons (Fsp3) is 0.273. The second-order valence-electron chi connectivity index (χ2n) is 7.36. The minimum atomic E-state index is -1.22. The van der Waals surface area contributed by atoms with E-state index in [4.69, 9.17) is 10.00 Å². The van der Waals surface area contributed by atoms with Crippen molar-refractivity contribution in [1.82, 2.24) is 5.32 Å². The van der Waals surface area contributed by atoms with Crippen LogP contribution in [0.5, 0.6) is 0 Å². The number of hydrogen-bond donors (Lipinski definition) is 1. The van der Waals surface area contributed by atoms with Crippen LogP contribution in [0, 0.1) is 11.3 Å². The third kappa shape index (κ3) is 5.27. The van der Waals surface area contributed by atoms with Gasteiger partial charge < -0.3 is 10.1 Å². The monoisotopic (exact) mass is 378 g/mol. The van der Waals surface area contributed by atoms with Crippen molar-refractivity contribution in [2.24, 2.45) is 0 Å². The van der Waals surface area contributed by atoms with Gasteiger partial charge in [0.05, 0.1) is 17.2 Å². The Morgan fingerprint density at radius 3 is 2.07 bits per heavy atom. The highest BCUT2D eigenvalue weighted by atomic mass is 16.5. The molecule has 28 heavy (non-hydrogen) atoms. The summed E-state index contributed by atoms with van der Waals surface area (Å²) in [5, 5.41) is 11.8. The number of rotatable bonds is 5. The van der Waals surface area contributed by atoms with Crippen LogP contribution in [-0.4, -0.2) is 23.2 Å². The Hall–Kier alpha value is -3.46. The summed E-state index contributed by atoms with van der Waals surface area (Å²) in [5.74, 6) is -1.54. The second-order valence-corrected chi connectivity index (χ2v) is 7.36. The molecule has 1 atom stereocenters. The SMILES string of the molecule is CC(=O)c1ccccc1C(=O)OC(C(=O)NC(C)(C)C)c1ccc(C#N)cc1. The van der Waals surface area contributed by atoms with Crippen LogP contribution < -0.4 is 5.32 Å². The average Bonchev–Trinajstić information content (AvgIpc) is 2.64. The molecule has 0 spiro atoms. The molecule has 6 heteroatoms. The van der Waals surface area contributed by atoms with Crippen molar-refractivity contribution in [2.75, 3.05) is 0 Å². The summed E-state index contributed by atoms with van der Waals surface area (Å²) in [7, 11) is 0. The summed E-state index contributed by atoms with van der Waals surface area (Å²) >= 11 is 0. The van der Waals surface area contributed by atoms with Crippen LogP contribution in [0.1, 0.15) is 65.6 Å². The quantitative estimate of drug-likeness (QED) is 0.634. The summed E-state index contributed by atoms with van der Waals surface area (Å²) in [6.45, 7) is 6.80. The van der Waals surface area contributed by atoms with E-state index in [2.05, 4.69) is 5.32 Å². The van der Waals surface area contributed by atoms with E-state index in [0.717, 1.165) is 0 Å². The van der Waals surface area contributed by atoms with Crippen LogP contribution in [0.4, 0.5) is 0 Å². The standard InChI is InChI=1S/C22H22N2O4/c1-14(25)17-7-5-6-8-18(17)21(27)28-19(20(26)24-22(2,3)4)16-11-9-15(13-23)10-12-16/h5-12,19H,1-4H3,(H,24,26). The highest BCUT2D eigenvalue weighted by Crippen LogP contribution is 2.23. The summed E-state index contributed by atoms with van der Waals surface area (Å²) in [6.07, 6.45) is -1.22. The van der Waals surface area contributed by atoms with Crippen molar-refractivity contribution in [1.29, 1.82) is 5.26 Å². The normalized spacial score (nSPS) is 11.8. The number of esters is 1. The fourth-order valence-corrected chi connectivity index (χ4v) is 2.58. The van der Waals surface area contributed by atoms with Gasteiger partial charge in [-0.05, 0) is 45.9 Å². The first-order valence-electron chi connectivity index (χ1n) is 8.75. The van der Waals surface area contributed by atoms with E-state index in [1.165, 1.54) is 19.1 Å². The van der Waals surface area contributed by atoms with E-state index < -0.39 is 23.5 Å². The van der Waals surface area contributed by atoms with Gasteiger partial charge in [0.1, 0.15) is 0 Å². The molecule has 0 saturated heterocycles. The Morgan fingerprint density at radius 2 is 1.57 bits per heavy atom. The van der Waals surface area contributed by atoms with Crippen molar-refractivity contribution in [3.8, 4) is 6.07 Å². The Labute approximate surface area is 164 Å². The molecule has 6 nitrogen and oxygen atoms in total. The average molecular weight is 378 g/mol. The van der Waals surface area contributed by atoms with Crippen LogP contribution in [0.3, 0.4) is 0 Å². The maximum absolute atomic E-state index is 12.8. The number of ketones is 1. The molecule has 2 aromatic rings. The molecule has 2 rings (SSSR count). The van der Waals surface area contributed by atoms with Crippen LogP contribution in [0.2, 0.25) is 0 Å². The maximum Gasteiger partial charge on any atom is 0.339 e. The highest BCUT2D eigenvalue weighted by Gasteiger charge is 2.29. The molecule has 0 saturated carbocycles. The van der Waals surface area contributed by atoms with Crippen molar-refractivity contribution in [2.45, 2.75) is 39.3 Å². The molecule has 0 radical (unpaired) electrons. The minimum absolute atomic E-state index is 0.0946. The smallest absolute Gasteiger partial charge is 0.339 e. The van der Waals surface area contributed by atoms with Gasteiger partial charge in [-0.1, -0.05) is 30.3 Å². The van der Waals surface area contributed by atoms with Crippen molar-refractivity contribution in [3.05, 3.63) is 70.8 Å². The predicted molar refractivity (Wildman–Crippen MR) is 104 cm³/mol. The lowest BCUT2D eigenvalue weighted by atomic mass is 10.0. The lowest BCUT2D eigenvalue weighted by Crippen LogP contribution is -2.44. The third-order valence-electron chi connectivity index (χ3n) is 3.83. The number of Topliss-reactive ketones (excluding diaryl/α,β-unsaturated/α-hetero) is 1. The van der Waals surface area contributed by atoms with Gasteiger partial charge in [0.2, 0.25) is 6.10 Å². The van der Waals surface area contributed by atoms with Gasteiger partial charge in [0, 0.05) is 16.7 Å². The number of nitrogens with zero attached hydrogens (tertiary/aromatic N) is 1. The van der Waals surface area contributed by atoms with E-state index in [1.807, 2.05) is 26.8 Å². The van der Waals surface area contributed by atoms with Crippen molar-refractivity contribution < 1.29 is 19.1 Å². The molecular formula is C22H22N2O4. The van der Waals surface area contributed by atoms with Crippen LogP contribution in [0.15, 0.2) is 48.5 Å². The van der Waals surface area contributed by atoms with E-state index >= 15 is 0 Å². The molecule has 0 aliphatic carbocycles. The van der Waals surface area contributed by atoms with Crippen LogP contribution in [-0.2, 0) is 9.53 Å². The number of nitrogens with one attached hydrogen (secondary N) is 1. The lowest BCUT2D eigenvalue weighted by molar-refractivity contribution is -0.131. The van der Waals surface area contributed by atoms with Crippen molar-refractivity contribution >= 4 is 17.7 Å². The van der Waals surface area contributed by atoms with E-state index in [9.17, 15) is 14.4 Å². The van der Waals surface area contributed by atoms with Gasteiger partial charge in [0.15, 0.2) is 5.78 Å². The Bertz CT molecular complexity index is 934. The van der Waals surface area contributed by atoms with Crippen LogP contribution in [0.25, 0.3) is 0 Å². The van der Waals surface area contributed by atoms with Gasteiger partial charge in [-0.2, -0.15) is 5.26 Å². The number of carbonyl (C=O) groups is 3. The molecule has 2 aromatic carbocycles. The molecule has 1 unspecified atom stereocenters. The molecule has 1 N–H and O–H groups in total. The van der Waals surface area contributed by atoms with Gasteiger partial charge in [0.25, 0.3) is 5.91 Å². The van der Waals surface area contributed by atoms with Gasteiger partial charge in [-0.3, -0.25) is 9.59 Å². The summed E-state index contributed by atoms with van der Waals surface area (Å²) < 4.78 is 5.51. The Balaban J connectivity index is 2.39. The van der Waals surface area contributed by atoms with Gasteiger partial charge in [-0.25, -0.2) is 4.79 Å². The number of hydrogen-bond acceptors (Lipinski definition) is 5. The first kappa shape index (κ1) is 20.8. The third-order valence-corrected chi connectivity index (χ3v) is 3.83. The van der Waals surface area contributed by atoms with E-state index in [1.54, 1.807) is 36.4 Å². The zero-order chi connectivity index (χ0) is 20.9. The molecule has 0 aliphatic rings. The molecule has 0 bridgehead atoms. The summed E-state index contributed by atoms with van der Waals surface area (Å²) in [6, 6.07) is 14.5. The van der Waals surface area contributed by atoms with E-state index in [0.29, 0.717) is 11.1 Å². The molecular weight excluding hydrogens is 356 g/mol. The molecule has 144 valence electrons. The molecule has 0 heterocycles. The van der Waals surface area contributed by atoms with E-state index in [-0.39, 0.29) is 16.9 Å². The largest absolute Gasteiger partial charge is 0.444 e. The molecule has 0 aromatic heterocycles. The van der Waals surface area contributed by atoms with Gasteiger partial charge >= 0.3 is 5.97 Å². The Morgan fingerprint density at radius 1 is 1.00 bits per heavy atom. The number of nitriles is 1. The first-order chi connectivity index (χ1) is 13.1. The van der Waals surface area contributed by atoms with Gasteiger partial charge in [-0.15, -0.1) is 0 Å². The zero-order valence-corrected chi connectivity index (χ0v) is 16.3. The highest BCUT2D eigenvalue weighted by molar-refractivity contribution is 6.05. The topological polar surface area (TPSA) is 96.3 Å². The van der Waals surface area contributed by atoms with Crippen LogP contribution >= 0.6 is 0 Å². The maximum atomic E-state index is 12.8. The predicted octanol–water partition coefficient (Wildman–Crippen LogP) is 3.57. The summed E-state index contributed by atoms with van der Waals surface area (Å²) in [4.78, 5) is 37.3. The molecule has 1 amide bonds. The molecule has 0 fully saturated rings. The Kier molecular flexibility index (Phi) is 6.32. The summed E-state index contributed by atoms with van der Waals surface area (Å²) in [5.41, 5.74) is 0.631. The number of amides is 1. The van der Waals surface area contributed by atoms with Crippen molar-refractivity contribution in [3.63, 3.8) is 0 Å².